The Morgan fingerprint density at radius 2 is 2.47 bits per heavy atom. The summed E-state index contributed by atoms with van der Waals surface area (Å²) in [5.41, 5.74) is 2.12. The molecule has 0 saturated carbocycles. The normalized spacial score (nSPS) is 24.1. The summed E-state index contributed by atoms with van der Waals surface area (Å²) >= 11 is 0. The predicted molar refractivity (Wildman–Crippen MR) is 57.8 cm³/mol. The van der Waals surface area contributed by atoms with Gasteiger partial charge in [-0.05, 0) is 38.8 Å². The molecule has 0 aromatic carbocycles. The van der Waals surface area contributed by atoms with Crippen molar-refractivity contribution in [2.75, 3.05) is 19.6 Å². The van der Waals surface area contributed by atoms with Gasteiger partial charge in [0.15, 0.2) is 0 Å². The van der Waals surface area contributed by atoms with Crippen LogP contribution in [0.1, 0.15) is 26.2 Å². The van der Waals surface area contributed by atoms with E-state index in [1.807, 2.05) is 6.92 Å². The molecule has 0 aromatic heterocycles. The zero-order chi connectivity index (χ0) is 11.3. The lowest BCUT2D eigenvalue weighted by Gasteiger charge is -2.16. The molecule has 1 amide bonds. The maximum Gasteiger partial charge on any atom is 0.233 e. The molecule has 4 N–H and O–H groups in total. The summed E-state index contributed by atoms with van der Waals surface area (Å²) in [5.74, 6) is 5.27. The van der Waals surface area contributed by atoms with E-state index in [1.165, 1.54) is 0 Å². The van der Waals surface area contributed by atoms with E-state index in [1.54, 1.807) is 0 Å². The lowest BCUT2D eigenvalue weighted by molar-refractivity contribution is -0.121. The van der Waals surface area contributed by atoms with Crippen LogP contribution in [0.5, 0.6) is 0 Å². The molecule has 2 unspecified atom stereocenters. The van der Waals surface area contributed by atoms with E-state index in [0.29, 0.717) is 12.3 Å². The van der Waals surface area contributed by atoms with Crippen LogP contribution < -0.4 is 11.3 Å². The first-order valence-corrected chi connectivity index (χ1v) is 5.53. The molecule has 1 rings (SSSR count). The molecular weight excluding hydrogens is 194 g/mol. The third kappa shape index (κ3) is 4.15. The van der Waals surface area contributed by atoms with Crippen LogP contribution in [0.4, 0.5) is 0 Å². The fraction of sp³-hybridized carbons (Fsp3) is 0.900. The topological polar surface area (TPSA) is 78.6 Å². The van der Waals surface area contributed by atoms with E-state index in [2.05, 4.69) is 10.3 Å². The highest BCUT2D eigenvalue weighted by atomic mass is 16.3. The highest BCUT2D eigenvalue weighted by Gasteiger charge is 2.25. The second-order valence-electron chi connectivity index (χ2n) is 4.26. The van der Waals surface area contributed by atoms with Gasteiger partial charge in [-0.3, -0.25) is 10.2 Å². The van der Waals surface area contributed by atoms with Crippen LogP contribution in [-0.4, -0.2) is 41.7 Å². The number of hydrogen-bond donors (Lipinski definition) is 3. The minimum absolute atomic E-state index is 0.110. The number of nitrogens with two attached hydrogens (primary N) is 1. The van der Waals surface area contributed by atoms with Gasteiger partial charge in [-0.1, -0.05) is 0 Å². The number of aliphatic hydroxyl groups excluding tert-OH is 1. The van der Waals surface area contributed by atoms with Crippen molar-refractivity contribution >= 4 is 5.91 Å². The van der Waals surface area contributed by atoms with Crippen molar-refractivity contribution in [3.05, 3.63) is 0 Å². The molecule has 5 heteroatoms. The number of rotatable bonds is 5. The van der Waals surface area contributed by atoms with E-state index < -0.39 is 0 Å². The van der Waals surface area contributed by atoms with Crippen LogP contribution in [0.2, 0.25) is 0 Å². The summed E-state index contributed by atoms with van der Waals surface area (Å²) in [7, 11) is 0. The quantitative estimate of drug-likeness (QED) is 0.327. The number of amides is 1. The van der Waals surface area contributed by atoms with E-state index >= 15 is 0 Å². The van der Waals surface area contributed by atoms with Crippen molar-refractivity contribution in [1.29, 1.82) is 0 Å². The molecule has 0 radical (unpaired) electrons. The van der Waals surface area contributed by atoms with Gasteiger partial charge in [0, 0.05) is 13.0 Å². The molecule has 1 aliphatic heterocycles. The molecular formula is C10H21N3O2. The van der Waals surface area contributed by atoms with Crippen LogP contribution >= 0.6 is 0 Å². The van der Waals surface area contributed by atoms with Crippen LogP contribution in [0.3, 0.4) is 0 Å². The highest BCUT2D eigenvalue weighted by Crippen LogP contribution is 2.19. The molecule has 0 aromatic rings. The molecule has 1 saturated heterocycles. The number of carbonyl (C=O) groups excluding carboxylic acids is 1. The Morgan fingerprint density at radius 1 is 1.73 bits per heavy atom. The number of nitrogens with zero attached hydrogens (tertiary/aromatic N) is 1. The lowest BCUT2D eigenvalue weighted by atomic mass is 10.0. The van der Waals surface area contributed by atoms with Crippen LogP contribution in [0.25, 0.3) is 0 Å². The number of nitrogens with one attached hydrogen (secondary N) is 1. The number of aliphatic hydroxyl groups is 1. The zero-order valence-electron chi connectivity index (χ0n) is 9.28. The van der Waals surface area contributed by atoms with Gasteiger partial charge >= 0.3 is 0 Å². The van der Waals surface area contributed by atoms with E-state index in [4.69, 9.17) is 5.84 Å². The Balaban J connectivity index is 2.11. The van der Waals surface area contributed by atoms with Crippen molar-refractivity contribution in [3.63, 3.8) is 0 Å². The maximum atomic E-state index is 10.9. The Bertz CT molecular complexity index is 209. The van der Waals surface area contributed by atoms with Gasteiger partial charge < -0.3 is 10.0 Å². The molecule has 5 nitrogen and oxygen atoms in total. The fourth-order valence-electron chi connectivity index (χ4n) is 1.99. The predicted octanol–water partition coefficient (Wildman–Crippen LogP) is -0.541. The second kappa shape index (κ2) is 6.05. The first-order chi connectivity index (χ1) is 7.13. The highest BCUT2D eigenvalue weighted by molar-refractivity contribution is 5.75. The Labute approximate surface area is 90.6 Å². The Kier molecular flexibility index (Phi) is 5.01. The standard InChI is InChI=1S/C10H21N3O2/c1-8(14)9-4-6-13(7-9)5-2-3-10(15)12-11/h8-9,14H,2-7,11H2,1H3,(H,12,15). The molecule has 0 bridgehead atoms. The fourth-order valence-corrected chi connectivity index (χ4v) is 1.99. The molecule has 2 atom stereocenters. The summed E-state index contributed by atoms with van der Waals surface area (Å²) in [6.07, 6.45) is 2.14. The third-order valence-corrected chi connectivity index (χ3v) is 3.03. The van der Waals surface area contributed by atoms with Gasteiger partial charge in [-0.25, -0.2) is 5.84 Å². The Hall–Kier alpha value is -0.650. The minimum atomic E-state index is -0.220. The van der Waals surface area contributed by atoms with Crippen molar-refractivity contribution in [1.82, 2.24) is 10.3 Å². The molecule has 88 valence electrons. The molecule has 1 fully saturated rings. The van der Waals surface area contributed by atoms with Crippen LogP contribution in [-0.2, 0) is 4.79 Å². The van der Waals surface area contributed by atoms with Crippen molar-refractivity contribution in [3.8, 4) is 0 Å². The smallest absolute Gasteiger partial charge is 0.233 e. The number of hydrogen-bond acceptors (Lipinski definition) is 4. The number of likely N-dealkylation sites (tertiary alicyclic amines) is 1. The number of carbonyl (C=O) groups is 1. The van der Waals surface area contributed by atoms with Crippen LogP contribution in [0.15, 0.2) is 0 Å². The lowest BCUT2D eigenvalue weighted by Crippen LogP contribution is -2.31. The van der Waals surface area contributed by atoms with Gasteiger partial charge in [0.2, 0.25) is 5.91 Å². The SMILES string of the molecule is CC(O)C1CCN(CCCC(=O)NN)C1. The molecule has 15 heavy (non-hydrogen) atoms. The first-order valence-electron chi connectivity index (χ1n) is 5.53. The van der Waals surface area contributed by atoms with Gasteiger partial charge in [0.05, 0.1) is 6.10 Å². The van der Waals surface area contributed by atoms with Gasteiger partial charge in [0.1, 0.15) is 0 Å². The van der Waals surface area contributed by atoms with Crippen molar-refractivity contribution < 1.29 is 9.90 Å². The molecule has 0 spiro atoms. The third-order valence-electron chi connectivity index (χ3n) is 3.03. The monoisotopic (exact) mass is 215 g/mol. The average molecular weight is 215 g/mol. The van der Waals surface area contributed by atoms with Gasteiger partial charge in [0.25, 0.3) is 0 Å². The van der Waals surface area contributed by atoms with Gasteiger partial charge in [-0.15, -0.1) is 0 Å². The molecule has 1 heterocycles. The number of hydrazine groups is 1. The van der Waals surface area contributed by atoms with E-state index in [0.717, 1.165) is 32.5 Å². The molecule has 0 aliphatic carbocycles. The summed E-state index contributed by atoms with van der Waals surface area (Å²) < 4.78 is 0. The van der Waals surface area contributed by atoms with Crippen LogP contribution in [0, 0.1) is 5.92 Å². The minimum Gasteiger partial charge on any atom is -0.393 e. The maximum absolute atomic E-state index is 10.9. The largest absolute Gasteiger partial charge is 0.393 e. The van der Waals surface area contributed by atoms with Crippen molar-refractivity contribution in [2.24, 2.45) is 11.8 Å². The molecule has 1 aliphatic rings. The van der Waals surface area contributed by atoms with E-state index in [-0.39, 0.29) is 12.0 Å². The summed E-state index contributed by atoms with van der Waals surface area (Å²) in [4.78, 5) is 13.2. The zero-order valence-corrected chi connectivity index (χ0v) is 9.28. The summed E-state index contributed by atoms with van der Waals surface area (Å²) in [5, 5.41) is 9.41. The van der Waals surface area contributed by atoms with Gasteiger partial charge in [-0.2, -0.15) is 0 Å². The van der Waals surface area contributed by atoms with Crippen molar-refractivity contribution in [2.45, 2.75) is 32.3 Å². The second-order valence-corrected chi connectivity index (χ2v) is 4.26. The van der Waals surface area contributed by atoms with E-state index in [9.17, 15) is 9.90 Å². The first kappa shape index (κ1) is 12.4. The summed E-state index contributed by atoms with van der Waals surface area (Å²) in [6.45, 7) is 4.73. The average Bonchev–Trinajstić information content (AvgIpc) is 2.66. The summed E-state index contributed by atoms with van der Waals surface area (Å²) in [6, 6.07) is 0. The Morgan fingerprint density at radius 3 is 3.00 bits per heavy atom.